The minimum absolute atomic E-state index is 0.105. The fourth-order valence-electron chi connectivity index (χ4n) is 1.62. The van der Waals surface area contributed by atoms with Gasteiger partial charge in [-0.2, -0.15) is 0 Å². The van der Waals surface area contributed by atoms with E-state index in [-0.39, 0.29) is 23.8 Å². The number of rotatable bonds is 2. The van der Waals surface area contributed by atoms with Crippen LogP contribution >= 0.6 is 0 Å². The zero-order chi connectivity index (χ0) is 12.3. The van der Waals surface area contributed by atoms with Crippen LogP contribution in [-0.2, 0) is 9.53 Å². The molecule has 16 heavy (non-hydrogen) atoms. The predicted octanol–water partition coefficient (Wildman–Crippen LogP) is 0.490. The summed E-state index contributed by atoms with van der Waals surface area (Å²) < 4.78 is 5.41. The highest BCUT2D eigenvalue weighted by atomic mass is 16.5. The largest absolute Gasteiger partial charge is 0.460 e. The lowest BCUT2D eigenvalue weighted by atomic mass is 9.92. The number of hydrogen-bond acceptors (Lipinski definition) is 4. The van der Waals surface area contributed by atoms with E-state index >= 15 is 0 Å². The number of esters is 1. The second kappa shape index (κ2) is 4.82. The minimum Gasteiger partial charge on any atom is -0.460 e. The molecule has 4 N–H and O–H groups in total. The maximum atomic E-state index is 11.7. The maximum Gasteiger partial charge on any atom is 0.311 e. The van der Waals surface area contributed by atoms with E-state index in [9.17, 15) is 4.79 Å². The Bertz CT molecular complexity index is 283. The first kappa shape index (κ1) is 13.0. The number of carbonyl (C=O) groups is 1. The fraction of sp³-hybridized carbons (Fsp3) is 0.818. The summed E-state index contributed by atoms with van der Waals surface area (Å²) in [6, 6.07) is 0. The van der Waals surface area contributed by atoms with Crippen LogP contribution in [0.1, 0.15) is 27.2 Å². The molecule has 0 aromatic heterocycles. The van der Waals surface area contributed by atoms with Crippen LogP contribution in [0.3, 0.4) is 0 Å². The van der Waals surface area contributed by atoms with Crippen LogP contribution < -0.4 is 11.1 Å². The van der Waals surface area contributed by atoms with Gasteiger partial charge in [0.25, 0.3) is 0 Å². The van der Waals surface area contributed by atoms with Gasteiger partial charge >= 0.3 is 5.97 Å². The highest BCUT2D eigenvalue weighted by Crippen LogP contribution is 2.21. The molecule has 0 radical (unpaired) electrons. The lowest BCUT2D eigenvalue weighted by Gasteiger charge is -2.32. The van der Waals surface area contributed by atoms with E-state index in [1.54, 1.807) is 0 Å². The average molecular weight is 227 g/mol. The van der Waals surface area contributed by atoms with E-state index in [2.05, 4.69) is 5.32 Å². The topological polar surface area (TPSA) is 88.2 Å². The summed E-state index contributed by atoms with van der Waals surface area (Å²) in [7, 11) is 0. The number of ether oxygens (including phenoxy) is 1. The molecular weight excluding hydrogens is 206 g/mol. The number of amidine groups is 1. The second-order valence-electron chi connectivity index (χ2n) is 5.25. The van der Waals surface area contributed by atoms with Crippen molar-refractivity contribution >= 4 is 11.8 Å². The molecule has 0 spiro atoms. The van der Waals surface area contributed by atoms with Gasteiger partial charge in [0, 0.05) is 6.54 Å². The van der Waals surface area contributed by atoms with Gasteiger partial charge in [-0.3, -0.25) is 10.2 Å². The van der Waals surface area contributed by atoms with E-state index in [1.807, 2.05) is 20.8 Å². The molecule has 0 bridgehead atoms. The third kappa shape index (κ3) is 3.20. The Balaban J connectivity index is 2.63. The molecule has 1 saturated heterocycles. The number of piperidine rings is 1. The molecule has 1 heterocycles. The number of hydrogen-bond donors (Lipinski definition) is 3. The van der Waals surface area contributed by atoms with Crippen molar-refractivity contribution in [3.05, 3.63) is 0 Å². The highest BCUT2D eigenvalue weighted by Gasteiger charge is 2.33. The highest BCUT2D eigenvalue weighted by molar-refractivity contribution is 5.81. The van der Waals surface area contributed by atoms with Gasteiger partial charge in [-0.15, -0.1) is 0 Å². The van der Waals surface area contributed by atoms with Gasteiger partial charge in [-0.1, -0.05) is 0 Å². The van der Waals surface area contributed by atoms with Gasteiger partial charge in [0.05, 0.1) is 17.2 Å². The molecule has 0 aliphatic carbocycles. The van der Waals surface area contributed by atoms with Crippen molar-refractivity contribution in [1.29, 1.82) is 5.41 Å². The van der Waals surface area contributed by atoms with Gasteiger partial charge < -0.3 is 15.8 Å². The van der Waals surface area contributed by atoms with Crippen molar-refractivity contribution < 1.29 is 9.53 Å². The first-order valence-corrected chi connectivity index (χ1v) is 5.58. The van der Waals surface area contributed by atoms with Gasteiger partial charge in [-0.05, 0) is 33.7 Å². The van der Waals surface area contributed by atoms with Crippen LogP contribution in [0.2, 0.25) is 0 Å². The Morgan fingerprint density at radius 2 is 2.12 bits per heavy atom. The third-order valence-corrected chi connectivity index (χ3v) is 2.70. The molecule has 0 aromatic rings. The van der Waals surface area contributed by atoms with Gasteiger partial charge in [-0.25, -0.2) is 0 Å². The van der Waals surface area contributed by atoms with Crippen molar-refractivity contribution in [3.63, 3.8) is 0 Å². The first-order chi connectivity index (χ1) is 7.32. The van der Waals surface area contributed by atoms with Crippen molar-refractivity contribution in [1.82, 2.24) is 5.32 Å². The summed E-state index contributed by atoms with van der Waals surface area (Å²) in [6.45, 7) is 6.83. The van der Waals surface area contributed by atoms with Crippen molar-refractivity contribution in [2.24, 2.45) is 17.1 Å². The summed E-state index contributed by atoms with van der Waals surface area (Å²) in [5, 5.41) is 10.6. The van der Waals surface area contributed by atoms with E-state index < -0.39 is 5.41 Å². The van der Waals surface area contributed by atoms with Gasteiger partial charge in [0.2, 0.25) is 0 Å². The summed E-state index contributed by atoms with van der Waals surface area (Å²) in [5.41, 5.74) is 4.99. The smallest absolute Gasteiger partial charge is 0.311 e. The normalized spacial score (nSPS) is 26.2. The molecule has 1 aliphatic heterocycles. The Labute approximate surface area is 96.2 Å². The Kier molecular flexibility index (Phi) is 3.91. The van der Waals surface area contributed by atoms with Gasteiger partial charge in [0.1, 0.15) is 6.10 Å². The van der Waals surface area contributed by atoms with Gasteiger partial charge in [0.15, 0.2) is 0 Å². The van der Waals surface area contributed by atoms with Crippen molar-refractivity contribution in [3.8, 4) is 0 Å². The summed E-state index contributed by atoms with van der Waals surface area (Å²) in [4.78, 5) is 11.7. The van der Waals surface area contributed by atoms with Crippen LogP contribution in [0.15, 0.2) is 0 Å². The van der Waals surface area contributed by atoms with Crippen LogP contribution in [0, 0.1) is 16.7 Å². The lowest BCUT2D eigenvalue weighted by molar-refractivity contribution is -0.160. The number of nitrogens with two attached hydrogens (primary N) is 1. The molecule has 0 amide bonds. The van der Waals surface area contributed by atoms with E-state index in [0.29, 0.717) is 6.54 Å². The molecule has 1 aliphatic rings. The van der Waals surface area contributed by atoms with Crippen molar-refractivity contribution in [2.75, 3.05) is 13.1 Å². The lowest BCUT2D eigenvalue weighted by Crippen LogP contribution is -2.49. The Hall–Kier alpha value is -1.10. The summed E-state index contributed by atoms with van der Waals surface area (Å²) in [6.07, 6.45) is 0.440. The molecule has 1 rings (SSSR count). The molecule has 0 saturated carbocycles. The Morgan fingerprint density at radius 1 is 1.50 bits per heavy atom. The van der Waals surface area contributed by atoms with Crippen molar-refractivity contribution in [2.45, 2.75) is 33.3 Å². The molecule has 92 valence electrons. The maximum absolute atomic E-state index is 11.7. The molecule has 0 aromatic carbocycles. The molecule has 5 nitrogen and oxygen atoms in total. The number of nitrogens with one attached hydrogen (secondary N) is 2. The van der Waals surface area contributed by atoms with E-state index in [0.717, 1.165) is 13.0 Å². The standard InChI is InChI=1S/C11H21N3O2/c1-11(2,3)10(15)16-8-6-14-5-4-7(8)9(12)13/h7-8,14H,4-6H2,1-3H3,(H3,12,13). The molecule has 5 heteroatoms. The second-order valence-corrected chi connectivity index (χ2v) is 5.25. The molecule has 1 fully saturated rings. The van der Waals surface area contributed by atoms with Crippen LogP contribution in [0.5, 0.6) is 0 Å². The summed E-state index contributed by atoms with van der Waals surface area (Å²) >= 11 is 0. The van der Waals surface area contributed by atoms with Crippen LogP contribution in [0.25, 0.3) is 0 Å². The molecule has 2 atom stereocenters. The Morgan fingerprint density at radius 3 is 2.62 bits per heavy atom. The molecular formula is C11H21N3O2. The van der Waals surface area contributed by atoms with E-state index in [1.165, 1.54) is 0 Å². The average Bonchev–Trinajstić information content (AvgIpc) is 2.16. The van der Waals surface area contributed by atoms with Crippen LogP contribution in [0.4, 0.5) is 0 Å². The minimum atomic E-state index is -0.515. The number of carbonyl (C=O) groups excluding carboxylic acids is 1. The molecule has 2 unspecified atom stereocenters. The zero-order valence-corrected chi connectivity index (χ0v) is 10.2. The van der Waals surface area contributed by atoms with E-state index in [4.69, 9.17) is 15.9 Å². The quantitative estimate of drug-likeness (QED) is 0.364. The predicted molar refractivity (Wildman–Crippen MR) is 62.2 cm³/mol. The SMILES string of the molecule is CC(C)(C)C(=O)OC1CNCCC1C(=N)N. The van der Waals surface area contributed by atoms with Crippen LogP contribution in [-0.4, -0.2) is 31.0 Å². The third-order valence-electron chi connectivity index (χ3n) is 2.70. The zero-order valence-electron chi connectivity index (χ0n) is 10.2. The monoisotopic (exact) mass is 227 g/mol. The first-order valence-electron chi connectivity index (χ1n) is 5.58. The summed E-state index contributed by atoms with van der Waals surface area (Å²) in [5.74, 6) is -0.284. The fourth-order valence-corrected chi connectivity index (χ4v) is 1.62.